The highest BCUT2D eigenvalue weighted by Crippen LogP contribution is 2.31. The smallest absolute Gasteiger partial charge is 0.0410 e. The van der Waals surface area contributed by atoms with Crippen molar-refractivity contribution in [3.05, 3.63) is 28.5 Å². The number of rotatable bonds is 4. The fourth-order valence-electron chi connectivity index (χ4n) is 2.67. The second kappa shape index (κ2) is 6.64. The molecule has 0 aliphatic carbocycles. The second-order valence-corrected chi connectivity index (χ2v) is 5.97. The van der Waals surface area contributed by atoms with Gasteiger partial charge in [-0.2, -0.15) is 0 Å². The number of piperazine rings is 1. The molecule has 2 heterocycles. The third-order valence-corrected chi connectivity index (χ3v) is 4.23. The number of pyridine rings is 1. The molecule has 100 valence electrons. The lowest BCUT2D eigenvalue weighted by atomic mass is 9.91. The van der Waals surface area contributed by atoms with Crippen LogP contribution in [0.4, 0.5) is 0 Å². The first-order chi connectivity index (χ1) is 8.72. The van der Waals surface area contributed by atoms with Crippen molar-refractivity contribution in [2.45, 2.75) is 26.3 Å². The maximum absolute atomic E-state index is 4.33. The summed E-state index contributed by atoms with van der Waals surface area (Å²) in [6.45, 7) is 9.05. The number of nitrogens with one attached hydrogen (secondary N) is 1. The van der Waals surface area contributed by atoms with Crippen molar-refractivity contribution in [2.75, 3.05) is 26.2 Å². The van der Waals surface area contributed by atoms with E-state index < -0.39 is 0 Å². The molecule has 1 unspecified atom stereocenters. The highest BCUT2D eigenvalue weighted by molar-refractivity contribution is 9.10. The van der Waals surface area contributed by atoms with Crippen molar-refractivity contribution >= 4 is 15.9 Å². The van der Waals surface area contributed by atoms with E-state index in [4.69, 9.17) is 0 Å². The lowest BCUT2D eigenvalue weighted by molar-refractivity contribution is 0.128. The van der Waals surface area contributed by atoms with Crippen LogP contribution in [0.1, 0.15) is 31.9 Å². The van der Waals surface area contributed by atoms with E-state index in [1.807, 2.05) is 12.4 Å². The summed E-state index contributed by atoms with van der Waals surface area (Å²) in [4.78, 5) is 6.92. The predicted octanol–water partition coefficient (Wildman–Crippen LogP) is 2.84. The molecule has 0 amide bonds. The quantitative estimate of drug-likeness (QED) is 0.927. The number of aromatic nitrogens is 1. The van der Waals surface area contributed by atoms with E-state index in [0.717, 1.165) is 30.7 Å². The van der Waals surface area contributed by atoms with Crippen LogP contribution in [0.25, 0.3) is 0 Å². The van der Waals surface area contributed by atoms with Gasteiger partial charge >= 0.3 is 0 Å². The van der Waals surface area contributed by atoms with E-state index in [9.17, 15) is 0 Å². The van der Waals surface area contributed by atoms with Crippen LogP contribution in [-0.2, 0) is 0 Å². The zero-order valence-electron chi connectivity index (χ0n) is 11.2. The van der Waals surface area contributed by atoms with Gasteiger partial charge in [0.2, 0.25) is 0 Å². The maximum atomic E-state index is 4.33. The molecule has 2 atom stereocenters. The molecular formula is C14H22BrN3. The Morgan fingerprint density at radius 1 is 1.39 bits per heavy atom. The molecule has 1 aromatic rings. The normalized spacial score (nSPS) is 20.6. The van der Waals surface area contributed by atoms with Gasteiger partial charge in [0.15, 0.2) is 0 Å². The molecule has 0 aromatic carbocycles. The molecule has 3 nitrogen and oxygen atoms in total. The minimum absolute atomic E-state index is 0.488. The van der Waals surface area contributed by atoms with Crippen LogP contribution in [0.5, 0.6) is 0 Å². The fourth-order valence-corrected chi connectivity index (χ4v) is 3.06. The Balaban J connectivity index is 2.23. The number of nitrogens with zero attached hydrogens (tertiary/aromatic N) is 2. The molecule has 1 N–H and O–H groups in total. The zero-order valence-corrected chi connectivity index (χ0v) is 12.8. The monoisotopic (exact) mass is 311 g/mol. The van der Waals surface area contributed by atoms with Crippen LogP contribution in [0.3, 0.4) is 0 Å². The maximum Gasteiger partial charge on any atom is 0.0410 e. The summed E-state index contributed by atoms with van der Waals surface area (Å²) in [7, 11) is 0. The van der Waals surface area contributed by atoms with E-state index >= 15 is 0 Å². The second-order valence-electron chi connectivity index (χ2n) is 5.05. The highest BCUT2D eigenvalue weighted by atomic mass is 79.9. The standard InChI is InChI=1S/C14H22BrN3/c1-3-11(2)14(18-6-4-16-5-7-18)12-8-13(15)10-17-9-12/h8-11,14,16H,3-7H2,1-2H3/t11?,14-/m1/s1. The third-order valence-electron chi connectivity index (χ3n) is 3.80. The van der Waals surface area contributed by atoms with Crippen molar-refractivity contribution in [1.29, 1.82) is 0 Å². The van der Waals surface area contributed by atoms with Crippen LogP contribution >= 0.6 is 15.9 Å². The summed E-state index contributed by atoms with van der Waals surface area (Å²) in [5.74, 6) is 0.652. The van der Waals surface area contributed by atoms with Gasteiger partial charge in [-0.05, 0) is 33.5 Å². The summed E-state index contributed by atoms with van der Waals surface area (Å²) < 4.78 is 1.07. The molecular weight excluding hydrogens is 290 g/mol. The number of hydrogen-bond acceptors (Lipinski definition) is 3. The van der Waals surface area contributed by atoms with Gasteiger partial charge in [0.1, 0.15) is 0 Å². The first kappa shape index (κ1) is 14.0. The van der Waals surface area contributed by atoms with Crippen molar-refractivity contribution in [3.63, 3.8) is 0 Å². The van der Waals surface area contributed by atoms with Gasteiger partial charge in [0, 0.05) is 49.1 Å². The van der Waals surface area contributed by atoms with Crippen molar-refractivity contribution in [1.82, 2.24) is 15.2 Å². The molecule has 4 heteroatoms. The van der Waals surface area contributed by atoms with Gasteiger partial charge < -0.3 is 5.32 Å². The van der Waals surface area contributed by atoms with Crippen LogP contribution in [0, 0.1) is 5.92 Å². The molecule has 1 aliphatic heterocycles. The minimum atomic E-state index is 0.488. The summed E-state index contributed by atoms with van der Waals surface area (Å²) in [5.41, 5.74) is 1.33. The van der Waals surface area contributed by atoms with Gasteiger partial charge in [-0.15, -0.1) is 0 Å². The van der Waals surface area contributed by atoms with Gasteiger partial charge in [0.25, 0.3) is 0 Å². The van der Waals surface area contributed by atoms with Gasteiger partial charge in [0.05, 0.1) is 0 Å². The number of halogens is 1. The predicted molar refractivity (Wildman–Crippen MR) is 78.6 cm³/mol. The molecule has 1 saturated heterocycles. The van der Waals surface area contributed by atoms with Crippen LogP contribution < -0.4 is 5.32 Å². The topological polar surface area (TPSA) is 28.2 Å². The summed E-state index contributed by atoms with van der Waals surface area (Å²) in [6, 6.07) is 2.70. The largest absolute Gasteiger partial charge is 0.314 e. The summed E-state index contributed by atoms with van der Waals surface area (Å²) >= 11 is 3.53. The van der Waals surface area contributed by atoms with Crippen molar-refractivity contribution in [3.8, 4) is 0 Å². The SMILES string of the molecule is CCC(C)[C@H](c1cncc(Br)c1)N1CCNCC1. The molecule has 0 radical (unpaired) electrons. The van der Waals surface area contributed by atoms with Crippen LogP contribution in [0.2, 0.25) is 0 Å². The fraction of sp³-hybridized carbons (Fsp3) is 0.643. The summed E-state index contributed by atoms with van der Waals surface area (Å²) in [6.07, 6.45) is 5.07. The summed E-state index contributed by atoms with van der Waals surface area (Å²) in [5, 5.41) is 3.42. The molecule has 0 spiro atoms. The van der Waals surface area contributed by atoms with Gasteiger partial charge in [-0.3, -0.25) is 9.88 Å². The third kappa shape index (κ3) is 3.31. The average Bonchev–Trinajstić information content (AvgIpc) is 2.40. The Morgan fingerprint density at radius 2 is 2.11 bits per heavy atom. The Labute approximate surface area is 118 Å². The van der Waals surface area contributed by atoms with Gasteiger partial charge in [-0.1, -0.05) is 20.3 Å². The van der Waals surface area contributed by atoms with Gasteiger partial charge in [-0.25, -0.2) is 0 Å². The van der Waals surface area contributed by atoms with Crippen molar-refractivity contribution < 1.29 is 0 Å². The Hall–Kier alpha value is -0.450. The zero-order chi connectivity index (χ0) is 13.0. The first-order valence-corrected chi connectivity index (χ1v) is 7.57. The van der Waals surface area contributed by atoms with E-state index in [2.05, 4.69) is 51.0 Å². The molecule has 1 aromatic heterocycles. The lowest BCUT2D eigenvalue weighted by Crippen LogP contribution is -2.46. The highest BCUT2D eigenvalue weighted by Gasteiger charge is 2.26. The van der Waals surface area contributed by atoms with E-state index in [1.54, 1.807) is 0 Å². The molecule has 0 saturated carbocycles. The van der Waals surface area contributed by atoms with Crippen LogP contribution in [0.15, 0.2) is 22.9 Å². The van der Waals surface area contributed by atoms with Crippen LogP contribution in [-0.4, -0.2) is 36.1 Å². The Bertz CT molecular complexity index is 377. The van der Waals surface area contributed by atoms with Crippen molar-refractivity contribution in [2.24, 2.45) is 5.92 Å². The van der Waals surface area contributed by atoms with E-state index in [0.29, 0.717) is 12.0 Å². The van der Waals surface area contributed by atoms with E-state index in [1.165, 1.54) is 12.0 Å². The lowest BCUT2D eigenvalue weighted by Gasteiger charge is -2.38. The molecule has 1 aliphatic rings. The Kier molecular flexibility index (Phi) is 5.15. The molecule has 1 fully saturated rings. The van der Waals surface area contributed by atoms with E-state index in [-0.39, 0.29) is 0 Å². The molecule has 2 rings (SSSR count). The number of hydrogen-bond donors (Lipinski definition) is 1. The minimum Gasteiger partial charge on any atom is -0.314 e. The Morgan fingerprint density at radius 3 is 2.72 bits per heavy atom. The first-order valence-electron chi connectivity index (χ1n) is 6.77. The molecule has 0 bridgehead atoms. The molecule has 18 heavy (non-hydrogen) atoms. The average molecular weight is 312 g/mol.